The zero-order valence-electron chi connectivity index (χ0n) is 24.5. The molecule has 1 aliphatic rings. The average Bonchev–Trinajstić information content (AvgIpc) is 2.96. The molecule has 4 aromatic rings. The highest BCUT2D eigenvalue weighted by atomic mass is 16.5. The Morgan fingerprint density at radius 3 is 2.24 bits per heavy atom. The first-order valence-electron chi connectivity index (χ1n) is 14.0. The van der Waals surface area contributed by atoms with Crippen LogP contribution < -0.4 is 15.3 Å². The fourth-order valence-electron chi connectivity index (χ4n) is 4.93. The van der Waals surface area contributed by atoms with Crippen molar-refractivity contribution in [3.63, 3.8) is 0 Å². The number of nitrogens with zero attached hydrogens (tertiary/aromatic N) is 2. The van der Waals surface area contributed by atoms with Gasteiger partial charge in [-0.2, -0.15) is 10.2 Å². The molecule has 216 valence electrons. The molecule has 0 bridgehead atoms. The molecule has 0 amide bonds. The van der Waals surface area contributed by atoms with Gasteiger partial charge in [0.2, 0.25) is 0 Å². The molecule has 7 nitrogen and oxygen atoms in total. The fourth-order valence-corrected chi connectivity index (χ4v) is 4.93. The third-order valence-corrected chi connectivity index (χ3v) is 7.08. The molecule has 0 saturated carbocycles. The lowest BCUT2D eigenvalue weighted by Gasteiger charge is -2.29. The Labute approximate surface area is 247 Å². The number of rotatable bonds is 10. The van der Waals surface area contributed by atoms with Crippen LogP contribution in [0.1, 0.15) is 38.9 Å². The lowest BCUT2D eigenvalue weighted by atomic mass is 9.99. The van der Waals surface area contributed by atoms with Crippen LogP contribution in [0.5, 0.6) is 11.5 Å². The molecule has 1 heterocycles. The maximum atomic E-state index is 11.1. The number of allylic oxidation sites excluding steroid dienone is 1. The minimum Gasteiger partial charge on any atom is -0.507 e. The van der Waals surface area contributed by atoms with E-state index in [-0.39, 0.29) is 19.0 Å². The molecule has 0 aliphatic carbocycles. The number of nitrogens with one attached hydrogen (secondary N) is 1. The van der Waals surface area contributed by atoms with Gasteiger partial charge in [0.05, 0.1) is 30.3 Å². The van der Waals surface area contributed by atoms with Crippen LogP contribution in [0.4, 0.5) is 5.69 Å². The number of phenols is 1. The van der Waals surface area contributed by atoms with E-state index in [0.29, 0.717) is 23.6 Å². The Hall–Kier alpha value is -4.59. The average molecular weight is 564 g/mol. The van der Waals surface area contributed by atoms with Gasteiger partial charge in [-0.3, -0.25) is 5.43 Å². The fraction of sp³-hybridized carbons (Fsp3) is 0.229. The highest BCUT2D eigenvalue weighted by Gasteiger charge is 2.21. The molecule has 0 saturated heterocycles. The van der Waals surface area contributed by atoms with E-state index in [4.69, 9.17) is 14.6 Å². The van der Waals surface area contributed by atoms with Gasteiger partial charge in [-0.15, -0.1) is 0 Å². The SMILES string of the molecule is Cc1ccc(C2=NN(c3ccc(C)cc3C)NC(c3ccc(OCC(O)COCc4ccccc4)cc3O)=C2)c(C)c1. The molecule has 0 radical (unpaired) electrons. The van der Waals surface area contributed by atoms with Crippen LogP contribution in [-0.4, -0.2) is 35.2 Å². The molecule has 7 heteroatoms. The molecular weight excluding hydrogens is 526 g/mol. The van der Waals surface area contributed by atoms with Gasteiger partial charge in [-0.05, 0) is 68.7 Å². The van der Waals surface area contributed by atoms with Gasteiger partial charge in [0.15, 0.2) is 0 Å². The summed E-state index contributed by atoms with van der Waals surface area (Å²) in [5.74, 6) is 0.493. The smallest absolute Gasteiger partial charge is 0.128 e. The molecule has 1 unspecified atom stereocenters. The van der Waals surface area contributed by atoms with E-state index in [0.717, 1.165) is 33.7 Å². The lowest BCUT2D eigenvalue weighted by molar-refractivity contribution is 0.00546. The Morgan fingerprint density at radius 2 is 1.52 bits per heavy atom. The van der Waals surface area contributed by atoms with Crippen molar-refractivity contribution < 1.29 is 19.7 Å². The Bertz CT molecular complexity index is 1610. The number of ether oxygens (including phenoxy) is 2. The number of benzene rings is 4. The van der Waals surface area contributed by atoms with Gasteiger partial charge < -0.3 is 19.7 Å². The van der Waals surface area contributed by atoms with Crippen molar-refractivity contribution in [2.24, 2.45) is 5.10 Å². The molecule has 3 N–H and O–H groups in total. The molecule has 4 aromatic carbocycles. The summed E-state index contributed by atoms with van der Waals surface area (Å²) in [6, 6.07) is 27.4. The summed E-state index contributed by atoms with van der Waals surface area (Å²) in [5, 5.41) is 28.1. The third kappa shape index (κ3) is 7.00. The predicted molar refractivity (Wildman–Crippen MR) is 168 cm³/mol. The van der Waals surface area contributed by atoms with Crippen LogP contribution in [0.25, 0.3) is 5.70 Å². The number of anilines is 1. The van der Waals surface area contributed by atoms with Gasteiger partial charge in [0.1, 0.15) is 24.2 Å². The van der Waals surface area contributed by atoms with Crippen LogP contribution in [0.3, 0.4) is 0 Å². The zero-order chi connectivity index (χ0) is 29.6. The van der Waals surface area contributed by atoms with Crippen molar-refractivity contribution in [3.8, 4) is 11.5 Å². The second-order valence-corrected chi connectivity index (χ2v) is 10.7. The van der Waals surface area contributed by atoms with E-state index in [2.05, 4.69) is 63.5 Å². The van der Waals surface area contributed by atoms with E-state index in [1.165, 1.54) is 11.1 Å². The number of hydrazine groups is 1. The molecule has 0 aromatic heterocycles. The number of aliphatic hydroxyl groups excluding tert-OH is 1. The highest BCUT2D eigenvalue weighted by molar-refractivity contribution is 6.14. The van der Waals surface area contributed by atoms with Crippen molar-refractivity contribution in [3.05, 3.63) is 130 Å². The molecule has 1 atom stereocenters. The van der Waals surface area contributed by atoms with Crippen molar-refractivity contribution in [2.75, 3.05) is 18.3 Å². The summed E-state index contributed by atoms with van der Waals surface area (Å²) in [6.07, 6.45) is 1.14. The quantitative estimate of drug-likeness (QED) is 0.208. The van der Waals surface area contributed by atoms with Crippen LogP contribution in [0, 0.1) is 27.7 Å². The van der Waals surface area contributed by atoms with E-state index in [1.807, 2.05) is 42.5 Å². The van der Waals surface area contributed by atoms with Gasteiger partial charge in [-0.1, -0.05) is 71.8 Å². The first kappa shape index (κ1) is 28.9. The first-order chi connectivity index (χ1) is 20.3. The summed E-state index contributed by atoms with van der Waals surface area (Å²) in [5.41, 5.74) is 13.0. The summed E-state index contributed by atoms with van der Waals surface area (Å²) in [7, 11) is 0. The van der Waals surface area contributed by atoms with Crippen molar-refractivity contribution in [2.45, 2.75) is 40.4 Å². The van der Waals surface area contributed by atoms with Crippen LogP contribution in [0.15, 0.2) is 96.1 Å². The number of aliphatic hydroxyl groups is 1. The minimum absolute atomic E-state index is 0.0402. The Morgan fingerprint density at radius 1 is 0.810 bits per heavy atom. The lowest BCUT2D eigenvalue weighted by Crippen LogP contribution is -2.37. The molecule has 1 aliphatic heterocycles. The molecule has 0 fully saturated rings. The van der Waals surface area contributed by atoms with Crippen LogP contribution in [0.2, 0.25) is 0 Å². The number of aromatic hydroxyl groups is 1. The van der Waals surface area contributed by atoms with Crippen molar-refractivity contribution in [1.82, 2.24) is 5.43 Å². The Balaban J connectivity index is 1.33. The second kappa shape index (κ2) is 12.9. The van der Waals surface area contributed by atoms with Crippen molar-refractivity contribution >= 4 is 17.1 Å². The standard InChI is InChI=1S/C35H37N3O4/c1-23-10-13-30(25(3)16-23)32-19-33(37-38(36-32)34-15-11-24(2)17-26(34)4)31-14-12-29(18-35(31)40)42-22-28(39)21-41-20-27-8-6-5-7-9-27/h5-19,28,37,39-40H,20-22H2,1-4H3. The largest absolute Gasteiger partial charge is 0.507 e. The number of hydrogen-bond acceptors (Lipinski definition) is 7. The van der Waals surface area contributed by atoms with E-state index in [1.54, 1.807) is 23.3 Å². The molecular formula is C35H37N3O4. The minimum atomic E-state index is -0.805. The number of hydrazone groups is 1. The summed E-state index contributed by atoms with van der Waals surface area (Å²) >= 11 is 0. The maximum absolute atomic E-state index is 11.1. The van der Waals surface area contributed by atoms with E-state index >= 15 is 0 Å². The summed E-state index contributed by atoms with van der Waals surface area (Å²) < 4.78 is 11.4. The Kier molecular flexibility index (Phi) is 8.91. The number of hydrogen-bond donors (Lipinski definition) is 3. The third-order valence-electron chi connectivity index (χ3n) is 7.08. The summed E-state index contributed by atoms with van der Waals surface area (Å²) in [4.78, 5) is 0. The number of aryl methyl sites for hydroxylation is 4. The van der Waals surface area contributed by atoms with Crippen LogP contribution >= 0.6 is 0 Å². The van der Waals surface area contributed by atoms with Gasteiger partial charge in [0.25, 0.3) is 0 Å². The number of phenolic OH excluding ortho intramolecular Hbond substituents is 1. The van der Waals surface area contributed by atoms with Gasteiger partial charge >= 0.3 is 0 Å². The topological polar surface area (TPSA) is 86.6 Å². The van der Waals surface area contributed by atoms with E-state index < -0.39 is 6.10 Å². The maximum Gasteiger partial charge on any atom is 0.128 e. The first-order valence-corrected chi connectivity index (χ1v) is 14.0. The van der Waals surface area contributed by atoms with Gasteiger partial charge in [-0.25, -0.2) is 0 Å². The summed E-state index contributed by atoms with van der Waals surface area (Å²) in [6.45, 7) is 8.87. The van der Waals surface area contributed by atoms with Gasteiger partial charge in [0, 0.05) is 17.2 Å². The molecule has 0 spiro atoms. The normalized spacial score (nSPS) is 13.7. The zero-order valence-corrected chi connectivity index (χ0v) is 24.5. The highest BCUT2D eigenvalue weighted by Crippen LogP contribution is 2.32. The molecule has 5 rings (SSSR count). The monoisotopic (exact) mass is 563 g/mol. The van der Waals surface area contributed by atoms with E-state index in [9.17, 15) is 10.2 Å². The predicted octanol–water partition coefficient (Wildman–Crippen LogP) is 6.35. The molecule has 42 heavy (non-hydrogen) atoms. The second-order valence-electron chi connectivity index (χ2n) is 10.7. The van der Waals surface area contributed by atoms with Crippen LogP contribution in [-0.2, 0) is 11.3 Å². The van der Waals surface area contributed by atoms with Crippen molar-refractivity contribution in [1.29, 1.82) is 0 Å².